The molecular weight excluding hydrogens is 574 g/mol. The predicted molar refractivity (Wildman–Crippen MR) is 149 cm³/mol. The van der Waals surface area contributed by atoms with Gasteiger partial charge in [0, 0.05) is 0 Å². The fourth-order valence-corrected chi connectivity index (χ4v) is 5.89. The highest BCUT2D eigenvalue weighted by atomic mass is 31.2. The van der Waals surface area contributed by atoms with E-state index >= 15 is 0 Å². The normalized spacial score (nSPS) is 25.2. The van der Waals surface area contributed by atoms with Crippen LogP contribution in [0.2, 0.25) is 0 Å². The number of nitrogens with two attached hydrogens (primary N) is 2. The third-order valence-corrected chi connectivity index (χ3v) is 7.95. The third kappa shape index (κ3) is 6.64. The molecule has 1 fully saturated rings. The fourth-order valence-electron chi connectivity index (χ4n) is 4.17. The summed E-state index contributed by atoms with van der Waals surface area (Å²) < 4.78 is 68.0. The van der Waals surface area contributed by atoms with Crippen LogP contribution in [0.15, 0.2) is 41.5 Å². The van der Waals surface area contributed by atoms with Crippen molar-refractivity contribution in [3.05, 3.63) is 47.0 Å². The first-order valence-corrected chi connectivity index (χ1v) is 14.5. The number of hydrogen-bond acceptors (Lipinski definition) is 12. The van der Waals surface area contributed by atoms with E-state index in [-0.39, 0.29) is 22.9 Å². The maximum atomic E-state index is 14.1. The second-order valence-corrected chi connectivity index (χ2v) is 11.7. The van der Waals surface area contributed by atoms with Gasteiger partial charge in [-0.15, -0.1) is 0 Å². The summed E-state index contributed by atoms with van der Waals surface area (Å²) in [7, 11) is -4.59. The van der Waals surface area contributed by atoms with Gasteiger partial charge in [-0.3, -0.25) is 23.7 Å². The number of carbonyl (C=O) groups excluding carboxylic acids is 1. The second kappa shape index (κ2) is 12.6. The standard InChI is InChI=1S/C26H32FN6O8P/c1-15(2)39-23(36)16(3)13-42(37,41-17-8-5-4-6-9-17)38-12-18-20(34)26(29,10-7-11-27)24(40-18)33-14-30-19-21(33)31-25(28)32-22(19)35/h4-6,8-9,14-16,18,20,24,34H,11-13,29H2,1-3H3,(H3,28,31,32,35)/t16-,18-,20+,24-,26?,42+/m1/s1/i12D2. The largest absolute Gasteiger partial charge is 0.463 e. The Morgan fingerprint density at radius 1 is 1.38 bits per heavy atom. The van der Waals surface area contributed by atoms with E-state index in [0.717, 1.165) is 10.9 Å². The number of nitrogen functional groups attached to an aromatic ring is 1. The highest BCUT2D eigenvalue weighted by molar-refractivity contribution is 7.54. The van der Waals surface area contributed by atoms with Gasteiger partial charge in [0.1, 0.15) is 24.6 Å². The van der Waals surface area contributed by atoms with Crippen LogP contribution in [0.5, 0.6) is 5.75 Å². The van der Waals surface area contributed by atoms with Gasteiger partial charge in [-0.1, -0.05) is 37.0 Å². The number of carbonyl (C=O) groups is 1. The van der Waals surface area contributed by atoms with Gasteiger partial charge in [0.05, 0.1) is 33.8 Å². The van der Waals surface area contributed by atoms with Crippen LogP contribution < -0.4 is 21.6 Å². The Hall–Kier alpha value is -3.80. The quantitative estimate of drug-likeness (QED) is 0.147. The number of esters is 1. The topological polar surface area (TPSA) is 207 Å². The molecule has 16 heteroatoms. The molecule has 0 saturated carbocycles. The first-order chi connectivity index (χ1) is 20.6. The van der Waals surface area contributed by atoms with Gasteiger partial charge >= 0.3 is 13.6 Å². The van der Waals surface area contributed by atoms with Crippen LogP contribution in [-0.2, 0) is 23.4 Å². The predicted octanol–water partition coefficient (Wildman–Crippen LogP) is 1.51. The number of imidazole rings is 1. The van der Waals surface area contributed by atoms with Crippen LogP contribution in [-0.4, -0.2) is 73.8 Å². The minimum absolute atomic E-state index is 0.0441. The van der Waals surface area contributed by atoms with Crippen molar-refractivity contribution in [2.24, 2.45) is 11.7 Å². The zero-order valence-electron chi connectivity index (χ0n) is 24.9. The zero-order valence-corrected chi connectivity index (χ0v) is 23.8. The molecule has 0 spiro atoms. The molecule has 4 rings (SSSR count). The SMILES string of the molecule is [2H]C([2H])(O[P@@](=O)(C[C@@H](C)C(=O)OC(C)C)Oc1ccccc1)[C@H]1O[C@@H](n2cnc3c(=O)[nH]c(N)nc32)C(N)(C#CCF)[C@H]1O. The van der Waals surface area contributed by atoms with Crippen molar-refractivity contribution in [3.8, 4) is 17.6 Å². The highest BCUT2D eigenvalue weighted by Gasteiger charge is 2.55. The number of hydrogen-bond donors (Lipinski definition) is 4. The van der Waals surface area contributed by atoms with E-state index in [2.05, 4.69) is 26.8 Å². The van der Waals surface area contributed by atoms with Crippen LogP contribution in [0, 0.1) is 17.8 Å². The molecule has 226 valence electrons. The molecule has 3 aromatic rings. The number of halogens is 1. The van der Waals surface area contributed by atoms with E-state index in [1.165, 1.54) is 19.1 Å². The number of anilines is 1. The summed E-state index contributed by atoms with van der Waals surface area (Å²) in [5.41, 5.74) is 8.83. The van der Waals surface area contributed by atoms with Crippen LogP contribution in [0.1, 0.15) is 29.7 Å². The fraction of sp³-hybridized carbons (Fsp3) is 0.462. The number of para-hydroxylation sites is 1. The van der Waals surface area contributed by atoms with Crippen molar-refractivity contribution in [1.82, 2.24) is 19.5 Å². The van der Waals surface area contributed by atoms with Crippen molar-refractivity contribution in [2.45, 2.75) is 50.8 Å². The maximum absolute atomic E-state index is 14.1. The number of nitrogens with one attached hydrogen (secondary N) is 1. The molecule has 0 radical (unpaired) electrons. The molecule has 42 heavy (non-hydrogen) atoms. The minimum atomic E-state index is -4.59. The number of aromatic nitrogens is 4. The van der Waals surface area contributed by atoms with Crippen LogP contribution in [0.3, 0.4) is 0 Å². The summed E-state index contributed by atoms with van der Waals surface area (Å²) in [4.78, 5) is 35.2. The number of benzene rings is 1. The van der Waals surface area contributed by atoms with Gasteiger partial charge in [-0.05, 0) is 26.0 Å². The lowest BCUT2D eigenvalue weighted by Crippen LogP contribution is -2.53. The molecule has 1 unspecified atom stereocenters. The van der Waals surface area contributed by atoms with Gasteiger partial charge in [-0.25, -0.2) is 13.9 Å². The molecule has 0 bridgehead atoms. The maximum Gasteiger partial charge on any atom is 0.380 e. The molecule has 0 amide bonds. The Bertz CT molecular complexity index is 1680. The zero-order chi connectivity index (χ0) is 32.4. The molecule has 6 atom stereocenters. The lowest BCUT2D eigenvalue weighted by atomic mass is 9.91. The van der Waals surface area contributed by atoms with Gasteiger partial charge < -0.3 is 30.6 Å². The number of aromatic amines is 1. The molecule has 14 nitrogen and oxygen atoms in total. The van der Waals surface area contributed by atoms with E-state index in [1.807, 2.05) is 0 Å². The van der Waals surface area contributed by atoms with E-state index in [9.17, 15) is 23.7 Å². The molecule has 2 aromatic heterocycles. The van der Waals surface area contributed by atoms with Crippen molar-refractivity contribution >= 4 is 30.7 Å². The average molecular weight is 609 g/mol. The summed E-state index contributed by atoms with van der Waals surface area (Å²) in [6, 6.07) is 7.71. The van der Waals surface area contributed by atoms with Crippen LogP contribution in [0.4, 0.5) is 10.3 Å². The van der Waals surface area contributed by atoms with E-state index in [1.54, 1.807) is 32.0 Å². The number of aliphatic hydroxyl groups excluding tert-OH is 1. The number of H-pyrrole nitrogens is 1. The first kappa shape index (κ1) is 28.3. The number of alkyl halides is 1. The summed E-state index contributed by atoms with van der Waals surface area (Å²) in [6.07, 6.45) is -5.73. The lowest BCUT2D eigenvalue weighted by Gasteiger charge is -2.27. The van der Waals surface area contributed by atoms with Crippen molar-refractivity contribution in [3.63, 3.8) is 0 Å². The summed E-state index contributed by atoms with van der Waals surface area (Å²) in [5, 5.41) is 11.3. The third-order valence-electron chi connectivity index (χ3n) is 6.08. The molecule has 3 heterocycles. The molecule has 0 aliphatic carbocycles. The smallest absolute Gasteiger partial charge is 0.380 e. The highest BCUT2D eigenvalue weighted by Crippen LogP contribution is 2.51. The lowest BCUT2D eigenvalue weighted by molar-refractivity contribution is -0.151. The van der Waals surface area contributed by atoms with Gasteiger partial charge in [0.2, 0.25) is 5.95 Å². The first-order valence-electron chi connectivity index (χ1n) is 13.8. The van der Waals surface area contributed by atoms with E-state index < -0.39 is 74.5 Å². The van der Waals surface area contributed by atoms with Crippen molar-refractivity contribution in [1.29, 1.82) is 0 Å². The van der Waals surface area contributed by atoms with Gasteiger partial charge in [-0.2, -0.15) is 4.98 Å². The van der Waals surface area contributed by atoms with Crippen molar-refractivity contribution < 1.29 is 40.1 Å². The molecule has 1 aliphatic heterocycles. The summed E-state index contributed by atoms with van der Waals surface area (Å²) in [5.74, 6) is 2.42. The second-order valence-electron chi connectivity index (χ2n) is 9.79. The molecular formula is C26H32FN6O8P. The summed E-state index contributed by atoms with van der Waals surface area (Å²) in [6.45, 7) is 0.353. The monoisotopic (exact) mass is 608 g/mol. The summed E-state index contributed by atoms with van der Waals surface area (Å²) >= 11 is 0. The van der Waals surface area contributed by atoms with Gasteiger partial charge in [0.25, 0.3) is 5.56 Å². The molecule has 1 aliphatic rings. The number of rotatable bonds is 10. The van der Waals surface area contributed by atoms with E-state index in [0.29, 0.717) is 0 Å². The number of nitrogens with zero attached hydrogens (tertiary/aromatic N) is 3. The Kier molecular flexibility index (Phi) is 8.50. The Morgan fingerprint density at radius 2 is 2.10 bits per heavy atom. The number of ether oxygens (including phenoxy) is 2. The molecule has 6 N–H and O–H groups in total. The van der Waals surface area contributed by atoms with E-state index in [4.69, 9.17) is 32.7 Å². The van der Waals surface area contributed by atoms with Crippen molar-refractivity contribution in [2.75, 3.05) is 25.1 Å². The molecule has 1 saturated heterocycles. The molecule has 1 aromatic carbocycles. The van der Waals surface area contributed by atoms with Gasteiger partial charge in [0.15, 0.2) is 22.9 Å². The average Bonchev–Trinajstić information content (AvgIpc) is 3.46. The number of aliphatic hydroxyl groups is 1. The van der Waals surface area contributed by atoms with Crippen LogP contribution >= 0.6 is 7.60 Å². The van der Waals surface area contributed by atoms with Crippen LogP contribution in [0.25, 0.3) is 11.2 Å². The minimum Gasteiger partial charge on any atom is -0.463 e. The Balaban J connectivity index is 1.73. The number of fused-ring (bicyclic) bond motifs is 1. The Labute approximate surface area is 242 Å². The Morgan fingerprint density at radius 3 is 2.76 bits per heavy atom.